The van der Waals surface area contributed by atoms with Crippen LogP contribution in [0.5, 0.6) is 17.2 Å². The minimum Gasteiger partial charge on any atom is -0.493 e. The van der Waals surface area contributed by atoms with E-state index in [4.69, 9.17) is 14.2 Å². The minimum absolute atomic E-state index is 0.0798. The van der Waals surface area contributed by atoms with Gasteiger partial charge in [0.2, 0.25) is 5.91 Å². The number of para-hydroxylation sites is 1. The van der Waals surface area contributed by atoms with Crippen LogP contribution in [0.4, 0.5) is 0 Å². The van der Waals surface area contributed by atoms with Crippen molar-refractivity contribution in [1.82, 2.24) is 10.6 Å². The molecule has 166 valence electrons. The number of carbonyl (C=O) groups excluding carboxylic acids is 2. The summed E-state index contributed by atoms with van der Waals surface area (Å²) < 4.78 is 16.7. The first-order valence-electron chi connectivity index (χ1n) is 10.6. The number of benzene rings is 2. The molecule has 0 radical (unpaired) electrons. The third-order valence-electron chi connectivity index (χ3n) is 5.01. The van der Waals surface area contributed by atoms with Crippen LogP contribution in [0.3, 0.4) is 0 Å². The highest BCUT2D eigenvalue weighted by Crippen LogP contribution is 2.34. The topological polar surface area (TPSA) is 85.9 Å². The lowest BCUT2D eigenvalue weighted by molar-refractivity contribution is -0.122. The van der Waals surface area contributed by atoms with Crippen molar-refractivity contribution in [2.45, 2.75) is 39.2 Å². The van der Waals surface area contributed by atoms with Crippen LogP contribution in [0.2, 0.25) is 0 Å². The first-order chi connectivity index (χ1) is 14.9. The molecule has 3 rings (SSSR count). The van der Waals surface area contributed by atoms with Gasteiger partial charge in [-0.1, -0.05) is 18.2 Å². The number of carbonyl (C=O) groups is 2. The second-order valence-electron chi connectivity index (χ2n) is 7.82. The van der Waals surface area contributed by atoms with E-state index in [1.165, 1.54) is 0 Å². The predicted octanol–water partition coefficient (Wildman–Crippen LogP) is 3.42. The van der Waals surface area contributed by atoms with Crippen molar-refractivity contribution < 1.29 is 23.8 Å². The standard InChI is InChI=1S/C24H30N2O5/c1-4-29-19-9-6-5-8-18(19)23(28)25-13-7-10-22(27)26-24(2,3)17-11-12-20-21(16-17)31-15-14-30-20/h5-6,8-9,11-12,16H,4,7,10,13-15H2,1-3H3,(H,25,28)(H,26,27). The fourth-order valence-corrected chi connectivity index (χ4v) is 3.40. The molecule has 7 heteroatoms. The Balaban J connectivity index is 1.47. The van der Waals surface area contributed by atoms with Crippen LogP contribution in [-0.4, -0.2) is 38.2 Å². The summed E-state index contributed by atoms with van der Waals surface area (Å²) in [5, 5.41) is 5.91. The Morgan fingerprint density at radius 1 is 1.06 bits per heavy atom. The molecule has 2 aromatic carbocycles. The number of hydrogen-bond acceptors (Lipinski definition) is 5. The molecule has 1 aliphatic rings. The van der Waals surface area contributed by atoms with Crippen LogP contribution >= 0.6 is 0 Å². The summed E-state index contributed by atoms with van der Waals surface area (Å²) in [5.41, 5.74) is 0.867. The molecule has 0 bridgehead atoms. The molecule has 0 aliphatic carbocycles. The maximum atomic E-state index is 12.5. The maximum Gasteiger partial charge on any atom is 0.255 e. The number of amides is 2. The zero-order chi connectivity index (χ0) is 22.3. The molecule has 2 aromatic rings. The smallest absolute Gasteiger partial charge is 0.255 e. The third-order valence-corrected chi connectivity index (χ3v) is 5.01. The van der Waals surface area contributed by atoms with Crippen molar-refractivity contribution >= 4 is 11.8 Å². The second-order valence-corrected chi connectivity index (χ2v) is 7.82. The molecular weight excluding hydrogens is 396 g/mol. The van der Waals surface area contributed by atoms with Gasteiger partial charge in [0.25, 0.3) is 5.91 Å². The van der Waals surface area contributed by atoms with Crippen LogP contribution in [0.1, 0.15) is 49.5 Å². The van der Waals surface area contributed by atoms with Gasteiger partial charge in [0, 0.05) is 13.0 Å². The molecule has 0 saturated heterocycles. The lowest BCUT2D eigenvalue weighted by Gasteiger charge is -2.28. The molecule has 7 nitrogen and oxygen atoms in total. The summed E-state index contributed by atoms with van der Waals surface area (Å²) in [6.45, 7) is 7.72. The Bertz CT molecular complexity index is 926. The van der Waals surface area contributed by atoms with E-state index >= 15 is 0 Å². The Morgan fingerprint density at radius 3 is 2.58 bits per heavy atom. The third kappa shape index (κ3) is 5.90. The van der Waals surface area contributed by atoms with E-state index < -0.39 is 5.54 Å². The molecule has 0 fully saturated rings. The fraction of sp³-hybridized carbons (Fsp3) is 0.417. The molecule has 1 aliphatic heterocycles. The largest absolute Gasteiger partial charge is 0.493 e. The van der Waals surface area contributed by atoms with Gasteiger partial charge in [0.1, 0.15) is 19.0 Å². The minimum atomic E-state index is -0.563. The van der Waals surface area contributed by atoms with Crippen molar-refractivity contribution in [3.05, 3.63) is 53.6 Å². The van der Waals surface area contributed by atoms with E-state index in [2.05, 4.69) is 10.6 Å². The van der Waals surface area contributed by atoms with Crippen molar-refractivity contribution in [2.75, 3.05) is 26.4 Å². The number of nitrogens with one attached hydrogen (secondary N) is 2. The van der Waals surface area contributed by atoms with Crippen LogP contribution < -0.4 is 24.8 Å². The Labute approximate surface area is 183 Å². The van der Waals surface area contributed by atoms with Gasteiger partial charge >= 0.3 is 0 Å². The van der Waals surface area contributed by atoms with Gasteiger partial charge in [-0.25, -0.2) is 0 Å². The highest BCUT2D eigenvalue weighted by molar-refractivity contribution is 5.96. The monoisotopic (exact) mass is 426 g/mol. The van der Waals surface area contributed by atoms with E-state index in [0.717, 1.165) is 11.3 Å². The van der Waals surface area contributed by atoms with E-state index in [1.54, 1.807) is 18.2 Å². The van der Waals surface area contributed by atoms with Gasteiger partial charge in [0.15, 0.2) is 11.5 Å². The van der Waals surface area contributed by atoms with Gasteiger partial charge in [0.05, 0.1) is 17.7 Å². The maximum absolute atomic E-state index is 12.5. The molecule has 2 amide bonds. The summed E-state index contributed by atoms with van der Waals surface area (Å²) in [6, 6.07) is 12.8. The van der Waals surface area contributed by atoms with Crippen molar-refractivity contribution in [3.63, 3.8) is 0 Å². The van der Waals surface area contributed by atoms with Gasteiger partial charge in [-0.3, -0.25) is 9.59 Å². The SMILES string of the molecule is CCOc1ccccc1C(=O)NCCCC(=O)NC(C)(C)c1ccc2c(c1)OCCO2. The normalized spacial score (nSPS) is 12.7. The lowest BCUT2D eigenvalue weighted by atomic mass is 9.93. The molecule has 31 heavy (non-hydrogen) atoms. The molecule has 0 aromatic heterocycles. The van der Waals surface area contributed by atoms with Gasteiger partial charge in [-0.05, 0) is 57.0 Å². The Kier molecular flexibility index (Phi) is 7.39. The van der Waals surface area contributed by atoms with E-state index in [0.29, 0.717) is 56.3 Å². The average molecular weight is 427 g/mol. The summed E-state index contributed by atoms with van der Waals surface area (Å²) >= 11 is 0. The van der Waals surface area contributed by atoms with Crippen molar-refractivity contribution in [2.24, 2.45) is 0 Å². The number of hydrogen-bond donors (Lipinski definition) is 2. The van der Waals surface area contributed by atoms with E-state index in [-0.39, 0.29) is 11.8 Å². The molecule has 1 heterocycles. The van der Waals surface area contributed by atoms with Crippen LogP contribution in [0.25, 0.3) is 0 Å². The van der Waals surface area contributed by atoms with Gasteiger partial charge in [-0.2, -0.15) is 0 Å². The fourth-order valence-electron chi connectivity index (χ4n) is 3.40. The van der Waals surface area contributed by atoms with E-state index in [9.17, 15) is 9.59 Å². The summed E-state index contributed by atoms with van der Waals surface area (Å²) in [5.74, 6) is 1.69. The van der Waals surface area contributed by atoms with Gasteiger partial charge < -0.3 is 24.8 Å². The first-order valence-corrected chi connectivity index (χ1v) is 10.6. The highest BCUT2D eigenvalue weighted by atomic mass is 16.6. The van der Waals surface area contributed by atoms with E-state index in [1.807, 2.05) is 45.0 Å². The summed E-state index contributed by atoms with van der Waals surface area (Å²) in [6.07, 6.45) is 0.840. The zero-order valence-corrected chi connectivity index (χ0v) is 18.3. The quantitative estimate of drug-likeness (QED) is 0.600. The molecule has 2 N–H and O–H groups in total. The van der Waals surface area contributed by atoms with Crippen molar-refractivity contribution in [1.29, 1.82) is 0 Å². The average Bonchev–Trinajstić information content (AvgIpc) is 2.76. The predicted molar refractivity (Wildman–Crippen MR) is 118 cm³/mol. The summed E-state index contributed by atoms with van der Waals surface area (Å²) in [4.78, 5) is 24.9. The zero-order valence-electron chi connectivity index (χ0n) is 18.3. The molecule has 0 atom stereocenters. The molecule has 0 unspecified atom stereocenters. The second kappa shape index (κ2) is 10.2. The highest BCUT2D eigenvalue weighted by Gasteiger charge is 2.25. The summed E-state index contributed by atoms with van der Waals surface area (Å²) in [7, 11) is 0. The van der Waals surface area contributed by atoms with Crippen molar-refractivity contribution in [3.8, 4) is 17.2 Å². The van der Waals surface area contributed by atoms with Gasteiger partial charge in [-0.15, -0.1) is 0 Å². The molecule has 0 spiro atoms. The first kappa shape index (κ1) is 22.5. The van der Waals surface area contributed by atoms with Crippen LogP contribution in [-0.2, 0) is 10.3 Å². The molecular formula is C24H30N2O5. The van der Waals surface area contributed by atoms with Crippen LogP contribution in [0.15, 0.2) is 42.5 Å². The Morgan fingerprint density at radius 2 is 1.81 bits per heavy atom. The molecule has 0 saturated carbocycles. The number of fused-ring (bicyclic) bond motifs is 1. The number of rotatable bonds is 9. The number of ether oxygens (including phenoxy) is 3. The Hall–Kier alpha value is -3.22. The van der Waals surface area contributed by atoms with Crippen LogP contribution in [0, 0.1) is 0 Å². The lowest BCUT2D eigenvalue weighted by Crippen LogP contribution is -2.41.